The van der Waals surface area contributed by atoms with Crippen molar-refractivity contribution < 1.29 is 51.9 Å². The average Bonchev–Trinajstić information content (AvgIpc) is 3.68. The molecule has 6 nitrogen and oxygen atoms in total. The molecule has 0 atom stereocenters. The fourth-order valence-corrected chi connectivity index (χ4v) is 12.2. The number of aryl methyl sites for hydroxylation is 1. The molecule has 0 amide bonds. The predicted molar refractivity (Wildman–Crippen MR) is 270 cm³/mol. The number of phenolic OH excluding ortho intramolecular Hbond substituents is 1. The summed E-state index contributed by atoms with van der Waals surface area (Å²) in [5.41, 5.74) is -0.0710. The van der Waals surface area contributed by atoms with Crippen molar-refractivity contribution in [3.05, 3.63) is 186 Å². The minimum absolute atomic E-state index is 0.0188. The van der Waals surface area contributed by atoms with E-state index in [9.17, 15) is 48.3 Å². The third-order valence-corrected chi connectivity index (χ3v) is 16.5. The summed E-state index contributed by atoms with van der Waals surface area (Å²) >= 11 is 0. The monoisotopic (exact) mass is 1000 g/mol. The van der Waals surface area contributed by atoms with Crippen molar-refractivity contribution in [1.82, 2.24) is 0 Å². The van der Waals surface area contributed by atoms with Gasteiger partial charge in [-0.2, -0.15) is 43.2 Å². The molecule has 10 aromatic rings. The van der Waals surface area contributed by atoms with E-state index < -0.39 is 31.3 Å². The van der Waals surface area contributed by atoms with Crippen molar-refractivity contribution in [2.75, 3.05) is 0 Å². The van der Waals surface area contributed by atoms with Gasteiger partial charge in [-0.1, -0.05) is 155 Å². The lowest BCUT2D eigenvalue weighted by atomic mass is 9.81. The lowest BCUT2D eigenvalue weighted by Gasteiger charge is -2.22. The molecule has 0 saturated carbocycles. The van der Waals surface area contributed by atoms with E-state index in [4.69, 9.17) is 0 Å². The van der Waals surface area contributed by atoms with E-state index in [1.165, 1.54) is 109 Å². The van der Waals surface area contributed by atoms with Crippen LogP contribution in [-0.4, -0.2) is 33.0 Å². The highest BCUT2D eigenvalue weighted by Gasteiger charge is 2.57. The van der Waals surface area contributed by atoms with E-state index >= 15 is 0 Å². The van der Waals surface area contributed by atoms with Gasteiger partial charge in [0.2, 0.25) is 0 Å². The molecule has 12 rings (SSSR count). The fourth-order valence-electron chi connectivity index (χ4n) is 10.6. The van der Waals surface area contributed by atoms with Crippen LogP contribution in [0.4, 0.5) is 26.3 Å². The highest BCUT2D eigenvalue weighted by Crippen LogP contribution is 2.53. The first kappa shape index (κ1) is 47.7. The third-order valence-electron chi connectivity index (χ3n) is 14.0. The van der Waals surface area contributed by atoms with Gasteiger partial charge >= 0.3 is 31.3 Å². The molecule has 0 aliphatic heterocycles. The van der Waals surface area contributed by atoms with E-state index in [0.717, 1.165) is 5.39 Å². The first-order chi connectivity index (χ1) is 33.3. The first-order valence-corrected chi connectivity index (χ1v) is 25.2. The number of fused-ring (bicyclic) bond motifs is 18. The topological polar surface area (TPSA) is 97.7 Å². The van der Waals surface area contributed by atoms with Crippen molar-refractivity contribution in [3.8, 4) is 28.0 Å². The number of hydrogen-bond acceptors (Lipinski definition) is 6. The second-order valence-corrected chi connectivity index (χ2v) is 22.3. The molecule has 0 bridgehead atoms. The third kappa shape index (κ3) is 7.65. The second-order valence-electron chi connectivity index (χ2n) is 19.0. The van der Waals surface area contributed by atoms with Crippen LogP contribution in [0.1, 0.15) is 55.5 Å². The summed E-state index contributed by atoms with van der Waals surface area (Å²) in [4.78, 5) is 0. The van der Waals surface area contributed by atoms with Crippen LogP contribution >= 0.6 is 0 Å². The maximum absolute atomic E-state index is 11.4. The largest absolute Gasteiger partial charge is 0.524 e. The van der Waals surface area contributed by atoms with Crippen LogP contribution in [0.5, 0.6) is 5.75 Å². The summed E-state index contributed by atoms with van der Waals surface area (Å²) in [6.45, 7) is 11.5. The molecule has 0 fully saturated rings. The Hall–Kier alpha value is -7.00. The number of hydrogen-bond donors (Lipinski definition) is 1. The molecule has 0 radical (unpaired) electrons. The Balaban J connectivity index is 0.000000130. The SMILES string of the molecule is CC1(C)c2ccccc2-c2cc3c4ccccc4c4cc(O)ccc4c3cc21.Cc1ccc2c(c1)c1ccccc1c1cc3c(cc21)C(C)(C)c1ccccc1-3.O=S(=O)(OS(=O)(=O)C(F)(F)F)C(F)(F)F. The molecule has 2 aliphatic rings. The normalized spacial score (nSPS) is 14.7. The zero-order chi connectivity index (χ0) is 50.8. The van der Waals surface area contributed by atoms with E-state index in [2.05, 4.69) is 180 Å². The minimum atomic E-state index is -6.85. The maximum atomic E-state index is 11.4. The Kier molecular flexibility index (Phi) is 10.9. The Morgan fingerprint density at radius 3 is 1.11 bits per heavy atom. The molecular weight excluding hydrogens is 959 g/mol. The summed E-state index contributed by atoms with van der Waals surface area (Å²) < 4.78 is 110. The molecule has 0 saturated heterocycles. The van der Waals surface area contributed by atoms with E-state index in [-0.39, 0.29) is 10.8 Å². The van der Waals surface area contributed by atoms with Gasteiger partial charge in [0.15, 0.2) is 0 Å². The summed E-state index contributed by atoms with van der Waals surface area (Å²) in [5.74, 6) is 0.311. The molecule has 2 aliphatic carbocycles. The van der Waals surface area contributed by atoms with Crippen molar-refractivity contribution in [3.63, 3.8) is 0 Å². The molecule has 0 heterocycles. The molecule has 1 N–H and O–H groups in total. The number of benzene rings is 10. The standard InChI is InChI=1S/C28H22.C27H20O.C2F6O5S2/c1-17-12-13-20-22(14-17)18-8-4-5-9-19(18)23-15-25-21-10-6-7-11-26(21)28(2,3)27(25)16-24(20)23;1-27(2)25-10-6-5-9-20(25)24-14-22-18-8-4-3-7-17(18)21-13-16(28)11-12-19(21)23(22)15-26(24)27;3-1(4,5)14(9,10)13-15(11,12)2(6,7)8/h4-16H,1-3H3;3-15,28H,1-2H3;. The second kappa shape index (κ2) is 16.3. The first-order valence-electron chi connectivity index (χ1n) is 22.4. The molecule has 0 aromatic heterocycles. The maximum Gasteiger partial charge on any atom is 0.524 e. The molecule has 0 spiro atoms. The molecule has 10 aromatic carbocycles. The average molecular weight is 1000 g/mol. The lowest BCUT2D eigenvalue weighted by Crippen LogP contribution is -2.34. The number of rotatable bonds is 2. The number of phenols is 1. The van der Waals surface area contributed by atoms with Gasteiger partial charge in [0.05, 0.1) is 0 Å². The van der Waals surface area contributed by atoms with Gasteiger partial charge in [-0.3, -0.25) is 0 Å². The fraction of sp³-hybridized carbons (Fsp3) is 0.158. The Bertz CT molecular complexity index is 3860. The van der Waals surface area contributed by atoms with Gasteiger partial charge in [0, 0.05) is 10.8 Å². The van der Waals surface area contributed by atoms with Gasteiger partial charge in [-0.25, -0.2) is 0 Å². The van der Waals surface area contributed by atoms with Gasteiger partial charge in [-0.15, -0.1) is 3.63 Å². The van der Waals surface area contributed by atoms with Gasteiger partial charge in [0.25, 0.3) is 0 Å². The summed E-state index contributed by atoms with van der Waals surface area (Å²) in [5, 5.41) is 25.5. The van der Waals surface area contributed by atoms with E-state index in [1.807, 2.05) is 9.70 Å². The zero-order valence-electron chi connectivity index (χ0n) is 38.6. The smallest absolute Gasteiger partial charge is 0.508 e. The van der Waals surface area contributed by atoms with Crippen LogP contribution in [0.15, 0.2) is 158 Å². The number of alkyl halides is 6. The molecule has 14 heteroatoms. The highest BCUT2D eigenvalue weighted by atomic mass is 32.3. The summed E-state index contributed by atoms with van der Waals surface area (Å²) in [6, 6.07) is 57.4. The summed E-state index contributed by atoms with van der Waals surface area (Å²) in [6.07, 6.45) is 0. The number of aromatic hydroxyl groups is 1. The van der Waals surface area contributed by atoms with Crippen molar-refractivity contribution in [2.45, 2.75) is 56.5 Å². The Labute approximate surface area is 405 Å². The van der Waals surface area contributed by atoms with Crippen molar-refractivity contribution in [2.24, 2.45) is 0 Å². The van der Waals surface area contributed by atoms with Crippen LogP contribution < -0.4 is 0 Å². The molecular formula is C57H42F6O6S2. The quantitative estimate of drug-likeness (QED) is 0.105. The lowest BCUT2D eigenvalue weighted by molar-refractivity contribution is -0.0585. The number of halogens is 6. The van der Waals surface area contributed by atoms with Crippen molar-refractivity contribution in [1.29, 1.82) is 0 Å². The highest BCUT2D eigenvalue weighted by molar-refractivity contribution is 8.00. The Morgan fingerprint density at radius 1 is 0.380 bits per heavy atom. The van der Waals surface area contributed by atoms with Crippen LogP contribution in [-0.2, 0) is 34.7 Å². The van der Waals surface area contributed by atoms with Gasteiger partial charge in [-0.05, 0) is 152 Å². The molecule has 0 unspecified atom stereocenters. The van der Waals surface area contributed by atoms with Crippen molar-refractivity contribution >= 4 is 84.9 Å². The van der Waals surface area contributed by atoms with E-state index in [1.54, 1.807) is 6.07 Å². The van der Waals surface area contributed by atoms with Crippen LogP contribution in [0.3, 0.4) is 0 Å². The molecule has 360 valence electrons. The molecule has 71 heavy (non-hydrogen) atoms. The Morgan fingerprint density at radius 2 is 0.704 bits per heavy atom. The van der Waals surface area contributed by atoms with Gasteiger partial charge < -0.3 is 5.11 Å². The van der Waals surface area contributed by atoms with E-state index in [0.29, 0.717) is 5.75 Å². The van der Waals surface area contributed by atoms with Crippen LogP contribution in [0.25, 0.3) is 86.9 Å². The van der Waals surface area contributed by atoms with Crippen LogP contribution in [0.2, 0.25) is 0 Å². The minimum Gasteiger partial charge on any atom is -0.508 e. The predicted octanol–water partition coefficient (Wildman–Crippen LogP) is 15.6. The van der Waals surface area contributed by atoms with Gasteiger partial charge in [0.1, 0.15) is 5.75 Å². The van der Waals surface area contributed by atoms with Crippen LogP contribution in [0, 0.1) is 6.92 Å². The zero-order valence-corrected chi connectivity index (χ0v) is 40.2. The summed E-state index contributed by atoms with van der Waals surface area (Å²) in [7, 11) is -13.7.